The molecule has 8 saturated heterocycles. The van der Waals surface area contributed by atoms with Gasteiger partial charge in [0.15, 0.2) is 50.3 Å². The van der Waals surface area contributed by atoms with Gasteiger partial charge in [0, 0.05) is 53.4 Å². The molecule has 4 amide bonds. The molecule has 0 aromatic rings. The molecular weight excluding hydrogens is 1530 g/mol. The second kappa shape index (κ2) is 37.1. The van der Waals surface area contributed by atoms with Gasteiger partial charge in [0.2, 0.25) is 23.6 Å². The van der Waals surface area contributed by atoms with Crippen LogP contribution in [0.25, 0.3) is 0 Å². The summed E-state index contributed by atoms with van der Waals surface area (Å²) in [5.74, 6) is -3.28. The van der Waals surface area contributed by atoms with Crippen molar-refractivity contribution >= 4 is 65.2 Å². The first-order valence-electron chi connectivity index (χ1n) is 31.9. The SMILES string of the molecule is CC(=O)NC1[C@H](O[C@H]2CO[C@@H](O[C@@H]3C(COS(=O)(=O)O)O[C@@H](O[C@H]4CO[C@@H](O[C@@H]5C(COS(=O)(=O)O)O[C@@H](O[C@H]6CO[C@@H](O[C@@H]7C(COS(=O)(=O)O)O[C@H](O)C(NC(C)=O)[C@H]7O)C[C@@H]6O)C(NC(C)=O)[C@H]5O)C[C@@H]4O)C(NC(C)=O)[C@H]3O)C[C@@H]2O)OC(COS(=O)(=O)O)[C@@H](O[C@H]2C[C@H](O)[C@H](O)CO2)[C@@H]1O. The molecular formula is C52H86N4O45S4. The highest BCUT2D eigenvalue weighted by atomic mass is 32.3. The largest absolute Gasteiger partial charge is 0.397 e. The minimum Gasteiger partial charge on any atom is -0.390 e. The van der Waals surface area contributed by atoms with Crippen LogP contribution < -0.4 is 21.3 Å². The van der Waals surface area contributed by atoms with Gasteiger partial charge in [-0.15, -0.1) is 0 Å². The maximum Gasteiger partial charge on any atom is 0.397 e. The molecule has 0 bridgehead atoms. The predicted octanol–water partition coefficient (Wildman–Crippen LogP) is -11.9. The third-order valence-electron chi connectivity index (χ3n) is 17.1. The second-order valence-electron chi connectivity index (χ2n) is 25.2. The minimum absolute atomic E-state index is 0.370. The molecule has 8 heterocycles. The molecule has 0 aromatic carbocycles. The summed E-state index contributed by atoms with van der Waals surface area (Å²) >= 11 is 0. The molecule has 0 saturated carbocycles. The summed E-state index contributed by atoms with van der Waals surface area (Å²) in [7, 11) is -21.0. The zero-order valence-electron chi connectivity index (χ0n) is 55.5. The van der Waals surface area contributed by atoms with Crippen LogP contribution >= 0.6 is 0 Å². The summed E-state index contributed by atoms with van der Waals surface area (Å²) in [6.45, 7) is -3.03. The van der Waals surface area contributed by atoms with Crippen molar-refractivity contribution in [1.29, 1.82) is 0 Å². The van der Waals surface area contributed by atoms with Crippen LogP contribution in [0.2, 0.25) is 0 Å². The number of nitrogens with one attached hydrogen (secondary N) is 4. The van der Waals surface area contributed by atoms with Gasteiger partial charge in [-0.3, -0.25) is 37.4 Å². The standard InChI is InChI=1S/C52H86N4O45S4/c1-17(57)53-37-41(66)45(29(91-49(37)70)13-87-102(71,72)73)99-34-6-22(62)26(10-84-34)92-51-39(55-19(3)59)43(68)47(31(96-51)15-89-104(77,78)79)101-36-8-24(64)28(12-86-36)94-52-40(56-20(4)60)44(69)48(32(97-52)16-90-105(80,81)82)100-35-7-23(63)27(11-85-35)93-50-38(54-18(2)58)42(67)46(30(95-50)14-88-103(74,75)76)98-33-5-21(61)25(65)9-83-33/h21-52,61-70H,5-16H2,1-4H3,(H,53,57)(H,54,58)(H,55,59)(H,56,60)(H,71,72,73)(H,74,75,76)(H,77,78,79)(H,80,81,82)/t21-,22-,23-,24-,25+,26-,27-,28-,29?,30?,31?,32?,33-,34-,35-,36-,37?,38?,39?,40?,41+,42+,43+,44+,45+,46+,47+,48+,49-,50+,51+,52+/m0/s1. The Morgan fingerprint density at radius 3 is 0.819 bits per heavy atom. The maximum atomic E-state index is 12.8. The quantitative estimate of drug-likeness (QED) is 0.0297. The van der Waals surface area contributed by atoms with Crippen molar-refractivity contribution in [2.75, 3.05) is 52.9 Å². The fourth-order valence-corrected chi connectivity index (χ4v) is 13.6. The van der Waals surface area contributed by atoms with E-state index in [9.17, 15) is 122 Å². The molecule has 32 atom stereocenters. The lowest BCUT2D eigenvalue weighted by atomic mass is 9.95. The topological polar surface area (TPSA) is 712 Å². The molecule has 0 aliphatic carbocycles. The van der Waals surface area contributed by atoms with Gasteiger partial charge in [-0.1, -0.05) is 0 Å². The zero-order valence-corrected chi connectivity index (χ0v) is 58.8. The number of hydrogen-bond acceptors (Lipinski definition) is 41. The van der Waals surface area contributed by atoms with E-state index in [1.54, 1.807) is 0 Å². The Hall–Kier alpha value is -3.64. The normalized spacial score (nSPS) is 41.8. The summed E-state index contributed by atoms with van der Waals surface area (Å²) in [5, 5.41) is 121. The van der Waals surface area contributed by atoms with E-state index in [1.807, 2.05) is 0 Å². The van der Waals surface area contributed by atoms with Crippen LogP contribution in [0.5, 0.6) is 0 Å². The Bertz CT molecular complexity index is 3360. The van der Waals surface area contributed by atoms with E-state index in [4.69, 9.17) is 71.1 Å². The van der Waals surface area contributed by atoms with Gasteiger partial charge >= 0.3 is 41.6 Å². The summed E-state index contributed by atoms with van der Waals surface area (Å²) in [6, 6.07) is -6.71. The second-order valence-corrected chi connectivity index (χ2v) is 29.5. The van der Waals surface area contributed by atoms with E-state index in [0.29, 0.717) is 0 Å². The van der Waals surface area contributed by atoms with E-state index >= 15 is 0 Å². The van der Waals surface area contributed by atoms with Gasteiger partial charge in [-0.2, -0.15) is 33.7 Å². The molecule has 53 heteroatoms. The van der Waals surface area contributed by atoms with Crippen LogP contribution in [-0.2, 0) is 149 Å². The molecule has 608 valence electrons. The molecule has 8 aliphatic heterocycles. The van der Waals surface area contributed by atoms with Crippen LogP contribution in [0.1, 0.15) is 53.4 Å². The molecule has 8 unspecified atom stereocenters. The number of hydrogen-bond donors (Lipinski definition) is 18. The minimum atomic E-state index is -5.33. The summed E-state index contributed by atoms with van der Waals surface area (Å²) in [6.07, 6.45) is -50.8. The van der Waals surface area contributed by atoms with Crippen LogP contribution in [-0.4, -0.2) is 376 Å². The first-order valence-corrected chi connectivity index (χ1v) is 37.4. The highest BCUT2D eigenvalue weighted by Gasteiger charge is 2.56. The van der Waals surface area contributed by atoms with Gasteiger partial charge < -0.3 is 143 Å². The lowest BCUT2D eigenvalue weighted by Gasteiger charge is -2.48. The molecule has 0 spiro atoms. The van der Waals surface area contributed by atoms with Gasteiger partial charge in [0.25, 0.3) is 0 Å². The Morgan fingerprint density at radius 2 is 0.571 bits per heavy atom. The molecule has 49 nitrogen and oxygen atoms in total. The Morgan fingerprint density at radius 1 is 0.333 bits per heavy atom. The number of carbonyl (C=O) groups is 4. The average Bonchev–Trinajstić information content (AvgIpc) is 0.792. The van der Waals surface area contributed by atoms with Crippen LogP contribution in [0.15, 0.2) is 0 Å². The first kappa shape index (κ1) is 86.9. The molecule has 8 fully saturated rings. The smallest absolute Gasteiger partial charge is 0.390 e. The van der Waals surface area contributed by atoms with Crippen LogP contribution in [0, 0.1) is 0 Å². The monoisotopic (exact) mass is 1610 g/mol. The van der Waals surface area contributed by atoms with Crippen molar-refractivity contribution in [3.8, 4) is 0 Å². The number of ether oxygens (including phenoxy) is 15. The van der Waals surface area contributed by atoms with Gasteiger partial charge in [-0.25, -0.2) is 16.7 Å². The Balaban J connectivity index is 0.913. The lowest BCUT2D eigenvalue weighted by Crippen LogP contribution is -2.68. The summed E-state index contributed by atoms with van der Waals surface area (Å²) < 4.78 is 237. The van der Waals surface area contributed by atoms with E-state index in [1.165, 1.54) is 0 Å². The fourth-order valence-electron chi connectivity index (χ4n) is 12.3. The number of aliphatic hydroxyl groups excluding tert-OH is 10. The number of aliphatic hydroxyl groups is 10. The van der Waals surface area contributed by atoms with Crippen LogP contribution in [0.4, 0.5) is 0 Å². The molecule has 0 radical (unpaired) electrons. The van der Waals surface area contributed by atoms with Crippen molar-refractivity contribution in [2.24, 2.45) is 0 Å². The maximum absolute atomic E-state index is 12.8. The Labute approximate surface area is 597 Å². The number of amides is 4. The van der Waals surface area contributed by atoms with Crippen molar-refractivity contribution in [1.82, 2.24) is 21.3 Å². The van der Waals surface area contributed by atoms with Crippen molar-refractivity contribution in [3.05, 3.63) is 0 Å². The molecule has 18 N–H and O–H groups in total. The van der Waals surface area contributed by atoms with Gasteiger partial charge in [0.05, 0.1) is 77.3 Å². The van der Waals surface area contributed by atoms with E-state index in [-0.39, 0.29) is 6.42 Å². The highest BCUT2D eigenvalue weighted by Crippen LogP contribution is 2.37. The third kappa shape index (κ3) is 25.2. The van der Waals surface area contributed by atoms with E-state index in [0.717, 1.165) is 27.7 Å². The molecule has 8 aliphatic rings. The van der Waals surface area contributed by atoms with Crippen LogP contribution in [0.3, 0.4) is 0 Å². The van der Waals surface area contributed by atoms with E-state index in [2.05, 4.69) is 38.0 Å². The number of rotatable bonds is 30. The predicted molar refractivity (Wildman–Crippen MR) is 323 cm³/mol. The van der Waals surface area contributed by atoms with Gasteiger partial charge in [0.1, 0.15) is 122 Å². The van der Waals surface area contributed by atoms with E-state index < -0.39 is 334 Å². The van der Waals surface area contributed by atoms with Crippen molar-refractivity contribution in [3.63, 3.8) is 0 Å². The molecule has 8 rings (SSSR count). The summed E-state index contributed by atoms with van der Waals surface area (Å²) in [5.41, 5.74) is 0. The fraction of sp³-hybridized carbons (Fsp3) is 0.923. The molecule has 0 aromatic heterocycles. The van der Waals surface area contributed by atoms with Crippen molar-refractivity contribution in [2.45, 2.75) is 250 Å². The lowest BCUT2D eigenvalue weighted by molar-refractivity contribution is -0.352. The Kier molecular flexibility index (Phi) is 30.7. The summed E-state index contributed by atoms with van der Waals surface area (Å²) in [4.78, 5) is 49.8. The highest BCUT2D eigenvalue weighted by molar-refractivity contribution is 7.81. The van der Waals surface area contributed by atoms with Crippen molar-refractivity contribution < 1.29 is 210 Å². The van der Waals surface area contributed by atoms with Gasteiger partial charge in [-0.05, 0) is 0 Å². The third-order valence-corrected chi connectivity index (χ3v) is 18.9. The average molecular weight is 1620 g/mol. The molecule has 105 heavy (non-hydrogen) atoms. The zero-order chi connectivity index (χ0) is 77.5. The number of carbonyl (C=O) groups excluding carboxylic acids is 4. The first-order chi connectivity index (χ1) is 48.9.